The van der Waals surface area contributed by atoms with Crippen LogP contribution in [-0.4, -0.2) is 85.5 Å². The first kappa shape index (κ1) is 26.4. The van der Waals surface area contributed by atoms with Crippen LogP contribution in [0.5, 0.6) is 0 Å². The van der Waals surface area contributed by atoms with Crippen molar-refractivity contribution in [2.75, 3.05) is 39.9 Å². The van der Waals surface area contributed by atoms with Crippen LogP contribution in [0.4, 0.5) is 0 Å². The van der Waals surface area contributed by atoms with Crippen molar-refractivity contribution in [2.45, 2.75) is 77.5 Å². The molecule has 7 unspecified atom stereocenters. The number of nitrogens with two attached hydrogens (primary N) is 2. The first-order valence-electron chi connectivity index (χ1n) is 13.3. The minimum Gasteiger partial charge on any atom is -0.381 e. The van der Waals surface area contributed by atoms with Crippen LogP contribution in [0.15, 0.2) is 5.10 Å². The van der Waals surface area contributed by atoms with Gasteiger partial charge in [0.15, 0.2) is 0 Å². The normalized spacial score (nSPS) is 37.1. The number of nitrogens with zero attached hydrogens (tertiary/aromatic N) is 3. The van der Waals surface area contributed by atoms with Crippen LogP contribution in [-0.2, 0) is 19.1 Å². The Morgan fingerprint density at radius 3 is 2.29 bits per heavy atom. The number of fused-ring (bicyclic) bond motifs is 1. The molecule has 4 rings (SSSR count). The van der Waals surface area contributed by atoms with E-state index in [0.717, 1.165) is 50.9 Å². The minimum absolute atomic E-state index is 0.0730. The molecule has 2 saturated heterocycles. The first-order chi connectivity index (χ1) is 16.6. The molecule has 2 aliphatic heterocycles. The number of hydrogen-bond acceptors (Lipinski definition) is 7. The summed E-state index contributed by atoms with van der Waals surface area (Å²) in [5.41, 5.74) is 6.90. The number of methoxy groups -OCH3 is 1. The van der Waals surface area contributed by atoms with Crippen molar-refractivity contribution in [3.8, 4) is 0 Å². The smallest absolute Gasteiger partial charge is 0.248 e. The molecule has 4 aliphatic rings. The molecule has 2 amide bonds. The minimum atomic E-state index is -0.127. The van der Waals surface area contributed by atoms with Gasteiger partial charge in [-0.05, 0) is 43.4 Å². The van der Waals surface area contributed by atoms with Gasteiger partial charge in [-0.15, -0.1) is 0 Å². The van der Waals surface area contributed by atoms with Gasteiger partial charge < -0.3 is 30.8 Å². The van der Waals surface area contributed by atoms with Crippen LogP contribution in [0, 0.1) is 29.1 Å². The molecule has 2 aliphatic carbocycles. The van der Waals surface area contributed by atoms with E-state index in [1.54, 1.807) is 7.11 Å². The van der Waals surface area contributed by atoms with Gasteiger partial charge in [-0.25, -0.2) is 0 Å². The maximum atomic E-state index is 13.1. The Balaban J connectivity index is 1.25. The van der Waals surface area contributed by atoms with Crippen LogP contribution in [0.25, 0.3) is 0 Å². The molecule has 0 aromatic heterocycles. The van der Waals surface area contributed by atoms with Gasteiger partial charge in [-0.1, -0.05) is 20.8 Å². The summed E-state index contributed by atoms with van der Waals surface area (Å²) < 4.78 is 11.9. The molecule has 4 fully saturated rings. The molecule has 0 spiro atoms. The standard InChI is InChI=1S/C26H45N5O4/c1-26(2,3)20-10-19(34-4)6-8-23(20)35-15-24(32)30-11-17-13-31(14-18(17)12-30)25(33)16-5-7-21(27)22(9-16)29-28/h16-21,23H,5-15,27-28H2,1-4H3/b29-22+. The van der Waals surface area contributed by atoms with Crippen LogP contribution in [0.2, 0.25) is 0 Å². The molecule has 4 N–H and O–H groups in total. The zero-order valence-corrected chi connectivity index (χ0v) is 21.9. The molecule has 7 atom stereocenters. The summed E-state index contributed by atoms with van der Waals surface area (Å²) in [6.07, 6.45) is 5.34. The third-order valence-electron chi connectivity index (χ3n) is 8.98. The summed E-state index contributed by atoms with van der Waals surface area (Å²) in [4.78, 5) is 30.1. The van der Waals surface area contributed by atoms with Crippen molar-refractivity contribution in [2.24, 2.45) is 45.8 Å². The van der Waals surface area contributed by atoms with E-state index in [-0.39, 0.29) is 48.0 Å². The molecule has 9 nitrogen and oxygen atoms in total. The second-order valence-corrected chi connectivity index (χ2v) is 12.3. The highest BCUT2D eigenvalue weighted by Gasteiger charge is 2.45. The lowest BCUT2D eigenvalue weighted by atomic mass is 9.70. The van der Waals surface area contributed by atoms with Gasteiger partial charge in [0.25, 0.3) is 0 Å². The molecule has 0 radical (unpaired) electrons. The number of carbonyl (C=O) groups excluding carboxylic acids is 2. The Hall–Kier alpha value is -1.71. The number of likely N-dealkylation sites (tertiary alicyclic amines) is 2. The van der Waals surface area contributed by atoms with Crippen molar-refractivity contribution in [1.82, 2.24) is 9.80 Å². The number of ether oxygens (including phenoxy) is 2. The highest BCUT2D eigenvalue weighted by atomic mass is 16.5. The molecular weight excluding hydrogens is 446 g/mol. The van der Waals surface area contributed by atoms with E-state index >= 15 is 0 Å². The van der Waals surface area contributed by atoms with Crippen molar-refractivity contribution >= 4 is 17.5 Å². The summed E-state index contributed by atoms with van der Waals surface area (Å²) in [7, 11) is 1.78. The van der Waals surface area contributed by atoms with Crippen molar-refractivity contribution in [1.29, 1.82) is 0 Å². The van der Waals surface area contributed by atoms with E-state index in [9.17, 15) is 9.59 Å². The van der Waals surface area contributed by atoms with Crippen LogP contribution in [0.3, 0.4) is 0 Å². The van der Waals surface area contributed by atoms with Gasteiger partial charge in [-0.2, -0.15) is 5.10 Å². The molecular formula is C26H45N5O4. The van der Waals surface area contributed by atoms with E-state index in [1.165, 1.54) is 0 Å². The zero-order valence-electron chi connectivity index (χ0n) is 21.9. The van der Waals surface area contributed by atoms with E-state index < -0.39 is 0 Å². The van der Waals surface area contributed by atoms with Gasteiger partial charge in [0.05, 0.1) is 17.9 Å². The maximum Gasteiger partial charge on any atom is 0.248 e. The number of amides is 2. The Bertz CT molecular complexity index is 798. The summed E-state index contributed by atoms with van der Waals surface area (Å²) in [6, 6.07) is -0.127. The fraction of sp³-hybridized carbons (Fsp3) is 0.885. The van der Waals surface area contributed by atoms with Gasteiger partial charge in [-0.3, -0.25) is 9.59 Å². The lowest BCUT2D eigenvalue weighted by molar-refractivity contribution is -0.143. The average Bonchev–Trinajstić information content (AvgIpc) is 3.41. The number of hydrazone groups is 1. The van der Waals surface area contributed by atoms with Gasteiger partial charge in [0.2, 0.25) is 11.8 Å². The average molecular weight is 492 g/mol. The number of rotatable bonds is 5. The van der Waals surface area contributed by atoms with Crippen molar-refractivity contribution in [3.63, 3.8) is 0 Å². The van der Waals surface area contributed by atoms with E-state index in [2.05, 4.69) is 25.9 Å². The Kier molecular flexibility index (Phi) is 8.08. The van der Waals surface area contributed by atoms with Crippen molar-refractivity contribution < 1.29 is 19.1 Å². The van der Waals surface area contributed by atoms with Crippen LogP contribution in [0.1, 0.15) is 59.3 Å². The molecule has 0 aromatic rings. The fourth-order valence-electron chi connectivity index (χ4n) is 6.75. The zero-order chi connectivity index (χ0) is 25.3. The summed E-state index contributed by atoms with van der Waals surface area (Å²) in [6.45, 7) is 9.73. The third-order valence-corrected chi connectivity index (χ3v) is 8.98. The van der Waals surface area contributed by atoms with E-state index in [0.29, 0.717) is 37.3 Å². The van der Waals surface area contributed by atoms with Crippen LogP contribution < -0.4 is 11.6 Å². The summed E-state index contributed by atoms with van der Waals surface area (Å²) >= 11 is 0. The largest absolute Gasteiger partial charge is 0.381 e. The number of hydrogen-bond donors (Lipinski definition) is 2. The Morgan fingerprint density at radius 1 is 1.03 bits per heavy atom. The molecule has 198 valence electrons. The molecule has 2 heterocycles. The van der Waals surface area contributed by atoms with Gasteiger partial charge >= 0.3 is 0 Å². The lowest BCUT2D eigenvalue weighted by Crippen LogP contribution is -2.45. The topological polar surface area (TPSA) is 123 Å². The van der Waals surface area contributed by atoms with Crippen LogP contribution >= 0.6 is 0 Å². The third kappa shape index (κ3) is 5.83. The number of carbonyl (C=O) groups is 2. The van der Waals surface area contributed by atoms with E-state index in [1.807, 2.05) is 9.80 Å². The summed E-state index contributed by atoms with van der Waals surface area (Å²) in [5.74, 6) is 6.71. The molecule has 0 bridgehead atoms. The monoisotopic (exact) mass is 491 g/mol. The first-order valence-corrected chi connectivity index (χ1v) is 13.3. The van der Waals surface area contributed by atoms with Gasteiger partial charge in [0.1, 0.15) is 6.61 Å². The Labute approximate surface area is 209 Å². The van der Waals surface area contributed by atoms with Crippen molar-refractivity contribution in [3.05, 3.63) is 0 Å². The molecule has 0 aromatic carbocycles. The Morgan fingerprint density at radius 2 is 1.69 bits per heavy atom. The lowest BCUT2D eigenvalue weighted by Gasteiger charge is -2.42. The predicted molar refractivity (Wildman–Crippen MR) is 134 cm³/mol. The maximum absolute atomic E-state index is 13.1. The molecule has 35 heavy (non-hydrogen) atoms. The second-order valence-electron chi connectivity index (χ2n) is 12.3. The SMILES string of the molecule is COC1CCC(OCC(=O)N2CC3CN(C(=O)C4CCC(N)/C(=N/N)C4)CC3C2)C(C(C)(C)C)C1. The highest BCUT2D eigenvalue weighted by Crippen LogP contribution is 2.40. The molecule has 2 saturated carbocycles. The quantitative estimate of drug-likeness (QED) is 0.445. The molecule has 9 heteroatoms. The van der Waals surface area contributed by atoms with E-state index in [4.69, 9.17) is 21.1 Å². The second kappa shape index (κ2) is 10.7. The van der Waals surface area contributed by atoms with Gasteiger partial charge in [0, 0.05) is 63.5 Å². The summed E-state index contributed by atoms with van der Waals surface area (Å²) in [5, 5.41) is 3.81. The predicted octanol–water partition coefficient (Wildman–Crippen LogP) is 1.59. The fourth-order valence-corrected chi connectivity index (χ4v) is 6.75. The highest BCUT2D eigenvalue weighted by molar-refractivity contribution is 5.94.